The minimum Gasteiger partial charge on any atom is -0.508 e. The zero-order chi connectivity index (χ0) is 13.0. The molecule has 1 aromatic heterocycles. The molecule has 2 heterocycles. The highest BCUT2D eigenvalue weighted by Gasteiger charge is 2.22. The first-order valence-electron chi connectivity index (χ1n) is 5.77. The van der Waals surface area contributed by atoms with E-state index in [1.165, 1.54) is 0 Å². The van der Waals surface area contributed by atoms with E-state index in [9.17, 15) is 5.11 Å². The Balaban J connectivity index is 2.08. The number of ether oxygens (including phenoxy) is 1. The van der Waals surface area contributed by atoms with Gasteiger partial charge in [-0.25, -0.2) is 0 Å². The Kier molecular flexibility index (Phi) is 1.79. The van der Waals surface area contributed by atoms with Crippen LogP contribution in [-0.2, 0) is 0 Å². The lowest BCUT2D eigenvalue weighted by atomic mass is 9.95. The Morgan fingerprint density at radius 1 is 1.00 bits per heavy atom. The van der Waals surface area contributed by atoms with Crippen molar-refractivity contribution in [3.63, 3.8) is 0 Å². The molecule has 2 N–H and O–H groups in total. The van der Waals surface area contributed by atoms with E-state index >= 15 is 0 Å². The summed E-state index contributed by atoms with van der Waals surface area (Å²) in [5, 5.41) is 20.3. The molecule has 1 aliphatic heterocycles. The SMILES string of the molecule is C=C1Oc2cc3n[nH]nc3cc2-c2ccc(O)cc21. The van der Waals surface area contributed by atoms with Gasteiger partial charge in [-0.1, -0.05) is 6.58 Å². The zero-order valence-electron chi connectivity index (χ0n) is 9.84. The monoisotopic (exact) mass is 251 g/mol. The van der Waals surface area contributed by atoms with E-state index in [0.717, 1.165) is 27.7 Å². The van der Waals surface area contributed by atoms with Crippen LogP contribution < -0.4 is 4.74 Å². The predicted molar refractivity (Wildman–Crippen MR) is 70.7 cm³/mol. The van der Waals surface area contributed by atoms with Gasteiger partial charge in [-0.2, -0.15) is 15.4 Å². The van der Waals surface area contributed by atoms with Gasteiger partial charge < -0.3 is 9.84 Å². The average Bonchev–Trinajstić information content (AvgIpc) is 2.84. The van der Waals surface area contributed by atoms with Crippen LogP contribution in [0.5, 0.6) is 11.5 Å². The first kappa shape index (κ1) is 10.1. The van der Waals surface area contributed by atoms with E-state index in [-0.39, 0.29) is 5.75 Å². The third kappa shape index (κ3) is 1.35. The normalized spacial score (nSPS) is 12.9. The van der Waals surface area contributed by atoms with Gasteiger partial charge in [0, 0.05) is 17.2 Å². The Morgan fingerprint density at radius 2 is 1.79 bits per heavy atom. The molecule has 1 aliphatic rings. The van der Waals surface area contributed by atoms with Crippen molar-refractivity contribution in [1.29, 1.82) is 0 Å². The molecule has 5 heteroatoms. The fourth-order valence-electron chi connectivity index (χ4n) is 2.35. The van der Waals surface area contributed by atoms with E-state index in [1.807, 2.05) is 18.2 Å². The van der Waals surface area contributed by atoms with Crippen LogP contribution in [0.3, 0.4) is 0 Å². The number of benzene rings is 2. The van der Waals surface area contributed by atoms with Gasteiger partial charge in [-0.15, -0.1) is 0 Å². The lowest BCUT2D eigenvalue weighted by Crippen LogP contribution is -2.03. The number of aromatic hydroxyl groups is 1. The molecule has 0 saturated carbocycles. The molecule has 0 amide bonds. The molecule has 0 fully saturated rings. The van der Waals surface area contributed by atoms with Crippen LogP contribution in [-0.4, -0.2) is 20.5 Å². The molecular formula is C14H9N3O2. The van der Waals surface area contributed by atoms with E-state index in [4.69, 9.17) is 4.74 Å². The first-order chi connectivity index (χ1) is 9.22. The maximum Gasteiger partial charge on any atom is 0.137 e. The van der Waals surface area contributed by atoms with Gasteiger partial charge in [0.1, 0.15) is 28.3 Å². The predicted octanol–water partition coefficient (Wildman–Crippen LogP) is 2.69. The van der Waals surface area contributed by atoms with Crippen molar-refractivity contribution in [3.05, 3.63) is 42.5 Å². The van der Waals surface area contributed by atoms with E-state index < -0.39 is 0 Å². The van der Waals surface area contributed by atoms with Crippen LogP contribution >= 0.6 is 0 Å². The highest BCUT2D eigenvalue weighted by Crippen LogP contribution is 2.43. The van der Waals surface area contributed by atoms with Gasteiger partial charge in [0.2, 0.25) is 0 Å². The maximum absolute atomic E-state index is 9.57. The third-order valence-electron chi connectivity index (χ3n) is 3.24. The van der Waals surface area contributed by atoms with Crippen molar-refractivity contribution in [1.82, 2.24) is 15.4 Å². The molecule has 0 radical (unpaired) electrons. The van der Waals surface area contributed by atoms with Crippen LogP contribution in [0.25, 0.3) is 27.9 Å². The minimum atomic E-state index is 0.189. The van der Waals surface area contributed by atoms with Crippen molar-refractivity contribution < 1.29 is 9.84 Å². The number of nitrogens with one attached hydrogen (secondary N) is 1. The molecule has 4 rings (SSSR count). The second-order valence-corrected chi connectivity index (χ2v) is 4.42. The summed E-state index contributed by atoms with van der Waals surface area (Å²) in [6.07, 6.45) is 0. The summed E-state index contributed by atoms with van der Waals surface area (Å²) < 4.78 is 5.70. The Hall–Kier alpha value is -2.82. The van der Waals surface area contributed by atoms with Crippen molar-refractivity contribution in [2.24, 2.45) is 0 Å². The molecule has 3 aromatic rings. The summed E-state index contributed by atoms with van der Waals surface area (Å²) in [5.74, 6) is 1.40. The molecule has 0 saturated heterocycles. The number of hydrogen-bond donors (Lipinski definition) is 2. The first-order valence-corrected chi connectivity index (χ1v) is 5.77. The summed E-state index contributed by atoms with van der Waals surface area (Å²) in [4.78, 5) is 0. The van der Waals surface area contributed by atoms with Gasteiger partial charge >= 0.3 is 0 Å². The van der Waals surface area contributed by atoms with Crippen LogP contribution in [0.1, 0.15) is 5.56 Å². The third-order valence-corrected chi connectivity index (χ3v) is 3.24. The minimum absolute atomic E-state index is 0.189. The average molecular weight is 251 g/mol. The number of hydrogen-bond acceptors (Lipinski definition) is 4. The highest BCUT2D eigenvalue weighted by atomic mass is 16.5. The molecule has 0 bridgehead atoms. The molecule has 2 aromatic carbocycles. The van der Waals surface area contributed by atoms with Gasteiger partial charge in [0.25, 0.3) is 0 Å². The summed E-state index contributed by atoms with van der Waals surface area (Å²) in [5.41, 5.74) is 4.19. The van der Waals surface area contributed by atoms with Gasteiger partial charge in [-0.05, 0) is 29.8 Å². The van der Waals surface area contributed by atoms with E-state index in [1.54, 1.807) is 12.1 Å². The number of aromatic nitrogens is 3. The van der Waals surface area contributed by atoms with Crippen molar-refractivity contribution >= 4 is 16.8 Å². The number of phenolic OH excluding ortho intramolecular Hbond substituents is 1. The Morgan fingerprint density at radius 3 is 2.63 bits per heavy atom. The molecule has 92 valence electrons. The van der Waals surface area contributed by atoms with Crippen molar-refractivity contribution in [2.75, 3.05) is 0 Å². The van der Waals surface area contributed by atoms with Gasteiger partial charge in [0.05, 0.1) is 0 Å². The summed E-state index contributed by atoms with van der Waals surface area (Å²) in [6, 6.07) is 8.89. The van der Waals surface area contributed by atoms with Crippen LogP contribution in [0.15, 0.2) is 36.9 Å². The van der Waals surface area contributed by atoms with Crippen LogP contribution in [0.4, 0.5) is 0 Å². The van der Waals surface area contributed by atoms with Gasteiger partial charge in [-0.3, -0.25) is 0 Å². The topological polar surface area (TPSA) is 71.0 Å². The standard InChI is InChI=1S/C14H9N3O2/c1-7-10-4-8(18)2-3-9(10)11-5-12-13(16-17-15-12)6-14(11)19-7/h2-6,18H,1H2,(H,15,16,17). The highest BCUT2D eigenvalue weighted by molar-refractivity contribution is 5.92. The molecule has 0 aliphatic carbocycles. The van der Waals surface area contributed by atoms with Crippen LogP contribution in [0.2, 0.25) is 0 Å². The summed E-state index contributed by atoms with van der Waals surface area (Å²) in [6.45, 7) is 3.89. The maximum atomic E-state index is 9.57. The number of phenols is 1. The quantitative estimate of drug-likeness (QED) is 0.644. The fourth-order valence-corrected chi connectivity index (χ4v) is 2.35. The molecule has 19 heavy (non-hydrogen) atoms. The number of H-pyrrole nitrogens is 1. The number of aromatic amines is 1. The van der Waals surface area contributed by atoms with Gasteiger partial charge in [0.15, 0.2) is 0 Å². The Bertz CT molecular complexity index is 836. The van der Waals surface area contributed by atoms with Crippen LogP contribution in [0, 0.1) is 0 Å². The van der Waals surface area contributed by atoms with E-state index in [0.29, 0.717) is 11.5 Å². The second-order valence-electron chi connectivity index (χ2n) is 4.42. The summed E-state index contributed by atoms with van der Waals surface area (Å²) in [7, 11) is 0. The number of fused-ring (bicyclic) bond motifs is 4. The molecule has 0 unspecified atom stereocenters. The smallest absolute Gasteiger partial charge is 0.137 e. The van der Waals surface area contributed by atoms with Crippen molar-refractivity contribution in [2.45, 2.75) is 0 Å². The molecular weight excluding hydrogens is 242 g/mol. The molecule has 0 atom stereocenters. The zero-order valence-corrected chi connectivity index (χ0v) is 9.84. The second kappa shape index (κ2) is 3.35. The molecule has 5 nitrogen and oxygen atoms in total. The number of rotatable bonds is 0. The lowest BCUT2D eigenvalue weighted by molar-refractivity contribution is 0.472. The van der Waals surface area contributed by atoms with E-state index in [2.05, 4.69) is 22.0 Å². The Labute approximate surface area is 108 Å². The summed E-state index contributed by atoms with van der Waals surface area (Å²) >= 11 is 0. The fraction of sp³-hybridized carbons (Fsp3) is 0. The van der Waals surface area contributed by atoms with Crippen molar-refractivity contribution in [3.8, 4) is 22.6 Å². The molecule has 0 spiro atoms. The number of nitrogens with zero attached hydrogens (tertiary/aromatic N) is 2. The lowest BCUT2D eigenvalue weighted by Gasteiger charge is -2.22. The largest absolute Gasteiger partial charge is 0.508 e.